The number of rotatable bonds is 6. The standard InChI is InChI=1S/C22H26N6O/c1-3-24-13-12-22(21-25-27-28-26-21)18-7-5-4-6-15(18)8-9-16-14-17(20(29)23-2)10-11-19(16)22/h4-7,10-11,14,24H,3,8-9,12-13H2,1-2H3,(H,23,29)(H,25,26,27,28). The number of nitrogens with zero attached hydrogens (tertiary/aromatic N) is 3. The molecule has 0 saturated heterocycles. The average Bonchev–Trinajstić information content (AvgIpc) is 3.26. The highest BCUT2D eigenvalue weighted by Gasteiger charge is 2.44. The number of fused-ring (bicyclic) bond motifs is 2. The average molecular weight is 390 g/mol. The molecule has 1 aromatic heterocycles. The number of amides is 1. The molecule has 0 spiro atoms. The Balaban J connectivity index is 1.97. The lowest BCUT2D eigenvalue weighted by atomic mass is 9.69. The van der Waals surface area contributed by atoms with Crippen LogP contribution in [0.3, 0.4) is 0 Å². The number of hydrogen-bond donors (Lipinski definition) is 3. The van der Waals surface area contributed by atoms with Gasteiger partial charge in [-0.15, -0.1) is 10.2 Å². The van der Waals surface area contributed by atoms with Crippen LogP contribution in [0, 0.1) is 0 Å². The molecule has 7 nitrogen and oxygen atoms in total. The molecule has 0 radical (unpaired) electrons. The van der Waals surface area contributed by atoms with Gasteiger partial charge in [0.2, 0.25) is 0 Å². The first-order valence-corrected chi connectivity index (χ1v) is 10.1. The minimum Gasteiger partial charge on any atom is -0.355 e. The molecule has 0 saturated carbocycles. The lowest BCUT2D eigenvalue weighted by Crippen LogP contribution is -2.36. The number of aryl methyl sites for hydroxylation is 2. The summed E-state index contributed by atoms with van der Waals surface area (Å²) in [6.45, 7) is 3.81. The molecule has 29 heavy (non-hydrogen) atoms. The largest absolute Gasteiger partial charge is 0.355 e. The van der Waals surface area contributed by atoms with Crippen molar-refractivity contribution < 1.29 is 4.79 Å². The van der Waals surface area contributed by atoms with Crippen LogP contribution in [0.25, 0.3) is 0 Å². The summed E-state index contributed by atoms with van der Waals surface area (Å²) >= 11 is 0. The van der Waals surface area contributed by atoms with Crippen LogP contribution >= 0.6 is 0 Å². The SMILES string of the molecule is CCNCCC1(c2nn[nH]n2)c2ccccc2CCc2cc(C(=O)NC)ccc21. The number of carbonyl (C=O) groups is 1. The number of nitrogens with one attached hydrogen (secondary N) is 3. The van der Waals surface area contributed by atoms with Crippen molar-refractivity contribution in [2.24, 2.45) is 0 Å². The lowest BCUT2D eigenvalue weighted by Gasteiger charge is -2.34. The Kier molecular flexibility index (Phi) is 5.40. The smallest absolute Gasteiger partial charge is 0.251 e. The molecule has 2 aromatic carbocycles. The molecule has 0 bridgehead atoms. The number of carbonyl (C=O) groups excluding carboxylic acids is 1. The van der Waals surface area contributed by atoms with Crippen molar-refractivity contribution in [2.45, 2.75) is 31.6 Å². The Morgan fingerprint density at radius 1 is 1.14 bits per heavy atom. The Morgan fingerprint density at radius 2 is 1.93 bits per heavy atom. The van der Waals surface area contributed by atoms with Crippen molar-refractivity contribution in [3.8, 4) is 0 Å². The van der Waals surface area contributed by atoms with Crippen molar-refractivity contribution in [1.29, 1.82) is 0 Å². The van der Waals surface area contributed by atoms with E-state index < -0.39 is 5.41 Å². The van der Waals surface area contributed by atoms with Gasteiger partial charge in [0.15, 0.2) is 5.82 Å². The van der Waals surface area contributed by atoms with Crippen molar-refractivity contribution in [3.63, 3.8) is 0 Å². The molecular weight excluding hydrogens is 364 g/mol. The van der Waals surface area contributed by atoms with Gasteiger partial charge in [-0.1, -0.05) is 42.5 Å². The fourth-order valence-corrected chi connectivity index (χ4v) is 4.49. The quantitative estimate of drug-likeness (QED) is 0.560. The zero-order valence-corrected chi connectivity index (χ0v) is 16.8. The number of aromatic amines is 1. The molecule has 1 heterocycles. The molecule has 1 amide bonds. The van der Waals surface area contributed by atoms with Gasteiger partial charge in [-0.25, -0.2) is 0 Å². The molecule has 150 valence electrons. The predicted octanol–water partition coefficient (Wildman–Crippen LogP) is 1.99. The fraction of sp³-hybridized carbons (Fsp3) is 0.364. The van der Waals surface area contributed by atoms with E-state index in [2.05, 4.69) is 68.5 Å². The van der Waals surface area contributed by atoms with E-state index in [1.165, 1.54) is 11.1 Å². The molecule has 1 unspecified atom stereocenters. The summed E-state index contributed by atoms with van der Waals surface area (Å²) in [5, 5.41) is 21.6. The number of benzene rings is 2. The number of tetrazole rings is 1. The Hall–Kier alpha value is -3.06. The molecule has 1 aliphatic carbocycles. The van der Waals surface area contributed by atoms with Gasteiger partial charge < -0.3 is 10.6 Å². The highest BCUT2D eigenvalue weighted by Crippen LogP contribution is 2.45. The van der Waals surface area contributed by atoms with Gasteiger partial charge >= 0.3 is 0 Å². The molecule has 0 aliphatic heterocycles. The van der Waals surface area contributed by atoms with E-state index in [9.17, 15) is 4.79 Å². The van der Waals surface area contributed by atoms with Gasteiger partial charge in [0.25, 0.3) is 5.91 Å². The zero-order chi connectivity index (χ0) is 20.3. The van der Waals surface area contributed by atoms with Crippen LogP contribution in [-0.2, 0) is 18.3 Å². The zero-order valence-electron chi connectivity index (χ0n) is 16.8. The van der Waals surface area contributed by atoms with Gasteiger partial charge in [0.05, 0.1) is 5.41 Å². The molecule has 1 atom stereocenters. The van der Waals surface area contributed by atoms with Crippen LogP contribution in [-0.4, -0.2) is 46.7 Å². The molecule has 0 fully saturated rings. The third-order valence-corrected chi connectivity index (χ3v) is 5.85. The van der Waals surface area contributed by atoms with Gasteiger partial charge in [0.1, 0.15) is 0 Å². The first kappa shape index (κ1) is 19.3. The first-order chi connectivity index (χ1) is 14.2. The summed E-state index contributed by atoms with van der Waals surface area (Å²) in [4.78, 5) is 12.2. The van der Waals surface area contributed by atoms with E-state index >= 15 is 0 Å². The third-order valence-electron chi connectivity index (χ3n) is 5.85. The van der Waals surface area contributed by atoms with E-state index in [0.29, 0.717) is 11.4 Å². The van der Waals surface area contributed by atoms with Crippen molar-refractivity contribution in [3.05, 3.63) is 76.1 Å². The summed E-state index contributed by atoms with van der Waals surface area (Å²) in [5.41, 5.74) is 4.94. The Bertz CT molecular complexity index is 1000. The van der Waals surface area contributed by atoms with E-state index in [1.807, 2.05) is 12.1 Å². The summed E-state index contributed by atoms with van der Waals surface area (Å²) in [5.74, 6) is 0.589. The summed E-state index contributed by atoms with van der Waals surface area (Å²) < 4.78 is 0. The van der Waals surface area contributed by atoms with Crippen LogP contribution in [0.2, 0.25) is 0 Å². The number of aromatic nitrogens is 4. The summed E-state index contributed by atoms with van der Waals surface area (Å²) in [7, 11) is 1.66. The number of H-pyrrole nitrogens is 1. The van der Waals surface area contributed by atoms with Crippen molar-refractivity contribution in [1.82, 2.24) is 31.3 Å². The maximum absolute atomic E-state index is 12.2. The van der Waals surface area contributed by atoms with Gasteiger partial charge in [-0.3, -0.25) is 4.79 Å². The number of hydrogen-bond acceptors (Lipinski definition) is 5. The highest BCUT2D eigenvalue weighted by atomic mass is 16.1. The fourth-order valence-electron chi connectivity index (χ4n) is 4.49. The molecule has 3 aromatic rings. The maximum atomic E-state index is 12.2. The predicted molar refractivity (Wildman–Crippen MR) is 111 cm³/mol. The van der Waals surface area contributed by atoms with Crippen molar-refractivity contribution in [2.75, 3.05) is 20.1 Å². The third kappa shape index (κ3) is 3.31. The minimum atomic E-state index is -0.529. The van der Waals surface area contributed by atoms with Crippen LogP contribution in [0.15, 0.2) is 42.5 Å². The first-order valence-electron chi connectivity index (χ1n) is 10.1. The second-order valence-electron chi connectivity index (χ2n) is 7.35. The van der Waals surface area contributed by atoms with Crippen LogP contribution in [0.1, 0.15) is 51.8 Å². The van der Waals surface area contributed by atoms with Crippen LogP contribution < -0.4 is 10.6 Å². The van der Waals surface area contributed by atoms with Gasteiger partial charge in [-0.2, -0.15) is 5.21 Å². The Labute approximate surface area is 170 Å². The molecular formula is C22H26N6O. The molecule has 4 rings (SSSR count). The summed E-state index contributed by atoms with van der Waals surface area (Å²) in [6.07, 6.45) is 2.56. The van der Waals surface area contributed by atoms with Crippen molar-refractivity contribution >= 4 is 5.91 Å². The maximum Gasteiger partial charge on any atom is 0.251 e. The van der Waals surface area contributed by atoms with E-state index in [-0.39, 0.29) is 5.91 Å². The van der Waals surface area contributed by atoms with Gasteiger partial charge in [-0.05, 0) is 66.7 Å². The topological polar surface area (TPSA) is 95.6 Å². The summed E-state index contributed by atoms with van der Waals surface area (Å²) in [6, 6.07) is 14.5. The molecule has 7 heteroatoms. The molecule has 3 N–H and O–H groups in total. The lowest BCUT2D eigenvalue weighted by molar-refractivity contribution is 0.0963. The van der Waals surface area contributed by atoms with Crippen LogP contribution in [0.5, 0.6) is 0 Å². The molecule has 1 aliphatic rings. The second kappa shape index (κ2) is 8.13. The normalized spacial score (nSPS) is 17.9. The van der Waals surface area contributed by atoms with E-state index in [0.717, 1.165) is 43.5 Å². The second-order valence-corrected chi connectivity index (χ2v) is 7.35. The minimum absolute atomic E-state index is 0.0765. The highest BCUT2D eigenvalue weighted by molar-refractivity contribution is 5.94. The van der Waals surface area contributed by atoms with E-state index in [4.69, 9.17) is 0 Å². The van der Waals surface area contributed by atoms with Gasteiger partial charge in [0, 0.05) is 12.6 Å². The van der Waals surface area contributed by atoms with Crippen LogP contribution in [0.4, 0.5) is 0 Å². The van der Waals surface area contributed by atoms with E-state index in [1.54, 1.807) is 7.05 Å². The monoisotopic (exact) mass is 390 g/mol. The Morgan fingerprint density at radius 3 is 2.69 bits per heavy atom.